The van der Waals surface area contributed by atoms with Crippen molar-refractivity contribution in [2.24, 2.45) is 0 Å². The average Bonchev–Trinajstić information content (AvgIpc) is 3.02. The van der Waals surface area contributed by atoms with Crippen molar-refractivity contribution in [2.45, 2.75) is 12.7 Å². The SMILES string of the molecule is C=CCN(CC=C)C(=O)Cn1nnc(-c2cccc(C(F)(F)F)c2)n1. The number of hydrogen-bond acceptors (Lipinski definition) is 4. The molecule has 1 heterocycles. The molecule has 0 saturated carbocycles. The molecule has 0 bridgehead atoms. The van der Waals surface area contributed by atoms with E-state index >= 15 is 0 Å². The molecule has 1 aromatic carbocycles. The maximum absolute atomic E-state index is 12.8. The second-order valence-corrected chi connectivity index (χ2v) is 5.10. The lowest BCUT2D eigenvalue weighted by Crippen LogP contribution is -2.34. The van der Waals surface area contributed by atoms with E-state index in [1.807, 2.05) is 0 Å². The van der Waals surface area contributed by atoms with Crippen LogP contribution in [-0.2, 0) is 17.5 Å². The normalized spacial score (nSPS) is 11.2. The van der Waals surface area contributed by atoms with Crippen LogP contribution in [0.1, 0.15) is 5.56 Å². The highest BCUT2D eigenvalue weighted by Gasteiger charge is 2.30. The number of halogens is 3. The average molecular weight is 351 g/mol. The van der Waals surface area contributed by atoms with E-state index in [2.05, 4.69) is 28.6 Å². The second kappa shape index (κ2) is 7.73. The first-order valence-corrected chi connectivity index (χ1v) is 7.30. The minimum Gasteiger partial charge on any atom is -0.334 e. The van der Waals surface area contributed by atoms with E-state index in [4.69, 9.17) is 0 Å². The summed E-state index contributed by atoms with van der Waals surface area (Å²) < 4.78 is 38.3. The summed E-state index contributed by atoms with van der Waals surface area (Å²) in [6, 6.07) is 4.60. The molecule has 0 fully saturated rings. The Hall–Kier alpha value is -2.97. The van der Waals surface area contributed by atoms with Crippen molar-refractivity contribution in [3.63, 3.8) is 0 Å². The Labute approximate surface area is 142 Å². The lowest BCUT2D eigenvalue weighted by molar-refractivity contribution is -0.137. The van der Waals surface area contributed by atoms with E-state index in [9.17, 15) is 18.0 Å². The van der Waals surface area contributed by atoms with Gasteiger partial charge in [0, 0.05) is 18.7 Å². The number of nitrogens with zero attached hydrogens (tertiary/aromatic N) is 5. The Balaban J connectivity index is 2.16. The molecule has 2 rings (SSSR count). The number of tetrazole rings is 1. The number of alkyl halides is 3. The molecule has 1 aromatic heterocycles. The molecule has 0 atom stereocenters. The fraction of sp³-hybridized carbons (Fsp3) is 0.250. The summed E-state index contributed by atoms with van der Waals surface area (Å²) in [5, 5.41) is 11.4. The van der Waals surface area contributed by atoms with Gasteiger partial charge < -0.3 is 4.90 Å². The molecule has 132 valence electrons. The highest BCUT2D eigenvalue weighted by molar-refractivity contribution is 5.76. The maximum Gasteiger partial charge on any atom is 0.416 e. The van der Waals surface area contributed by atoms with Gasteiger partial charge in [0.05, 0.1) is 5.56 Å². The van der Waals surface area contributed by atoms with Crippen molar-refractivity contribution >= 4 is 5.91 Å². The Morgan fingerprint density at radius 3 is 2.52 bits per heavy atom. The highest BCUT2D eigenvalue weighted by Crippen LogP contribution is 2.31. The van der Waals surface area contributed by atoms with Gasteiger partial charge in [0.1, 0.15) is 6.54 Å². The van der Waals surface area contributed by atoms with E-state index in [-0.39, 0.29) is 23.8 Å². The zero-order valence-corrected chi connectivity index (χ0v) is 13.3. The van der Waals surface area contributed by atoms with E-state index in [1.54, 1.807) is 12.2 Å². The van der Waals surface area contributed by atoms with E-state index in [0.29, 0.717) is 13.1 Å². The van der Waals surface area contributed by atoms with Crippen LogP contribution < -0.4 is 0 Å². The van der Waals surface area contributed by atoms with Gasteiger partial charge in [-0.05, 0) is 17.3 Å². The highest BCUT2D eigenvalue weighted by atomic mass is 19.4. The van der Waals surface area contributed by atoms with Gasteiger partial charge in [-0.2, -0.15) is 18.0 Å². The van der Waals surface area contributed by atoms with Gasteiger partial charge in [0.25, 0.3) is 0 Å². The molecular weight excluding hydrogens is 335 g/mol. The largest absolute Gasteiger partial charge is 0.416 e. The molecule has 0 saturated heterocycles. The molecule has 0 N–H and O–H groups in total. The standard InChI is InChI=1S/C16H16F3N5O/c1-3-8-23(9-4-2)14(25)11-24-21-15(20-22-24)12-6-5-7-13(10-12)16(17,18)19/h3-7,10H,1-2,8-9,11H2. The molecule has 0 unspecified atom stereocenters. The Morgan fingerprint density at radius 2 is 1.92 bits per heavy atom. The number of rotatable bonds is 7. The molecule has 0 spiro atoms. The molecule has 1 amide bonds. The summed E-state index contributed by atoms with van der Waals surface area (Å²) in [5.41, 5.74) is -0.636. The molecule has 2 aromatic rings. The molecule has 0 radical (unpaired) electrons. The summed E-state index contributed by atoms with van der Waals surface area (Å²) in [5.74, 6) is -0.273. The Morgan fingerprint density at radius 1 is 1.24 bits per heavy atom. The van der Waals surface area contributed by atoms with Crippen molar-refractivity contribution in [1.29, 1.82) is 0 Å². The zero-order valence-electron chi connectivity index (χ0n) is 13.3. The van der Waals surface area contributed by atoms with Crippen LogP contribution in [0.2, 0.25) is 0 Å². The lowest BCUT2D eigenvalue weighted by atomic mass is 10.1. The van der Waals surface area contributed by atoms with Gasteiger partial charge in [0.2, 0.25) is 11.7 Å². The number of hydrogen-bond donors (Lipinski definition) is 0. The monoisotopic (exact) mass is 351 g/mol. The van der Waals surface area contributed by atoms with Crippen LogP contribution >= 0.6 is 0 Å². The summed E-state index contributed by atoms with van der Waals surface area (Å²) in [4.78, 5) is 14.7. The van der Waals surface area contributed by atoms with Gasteiger partial charge in [-0.1, -0.05) is 24.3 Å². The molecule has 25 heavy (non-hydrogen) atoms. The minimum absolute atomic E-state index is 0.0119. The predicted molar refractivity (Wildman–Crippen MR) is 85.2 cm³/mol. The quantitative estimate of drug-likeness (QED) is 0.719. The Bertz CT molecular complexity index is 759. The second-order valence-electron chi connectivity index (χ2n) is 5.10. The molecule has 0 aliphatic carbocycles. The molecule has 0 aliphatic rings. The van der Waals surface area contributed by atoms with Crippen molar-refractivity contribution in [2.75, 3.05) is 13.1 Å². The van der Waals surface area contributed by atoms with Crippen LogP contribution in [0.4, 0.5) is 13.2 Å². The first-order valence-electron chi connectivity index (χ1n) is 7.30. The Kier molecular flexibility index (Phi) is 5.68. The van der Waals surface area contributed by atoms with Gasteiger partial charge in [-0.25, -0.2) is 0 Å². The topological polar surface area (TPSA) is 63.9 Å². The van der Waals surface area contributed by atoms with E-state index in [0.717, 1.165) is 16.9 Å². The summed E-state index contributed by atoms with van der Waals surface area (Å²) in [6.07, 6.45) is -1.31. The van der Waals surface area contributed by atoms with Gasteiger partial charge in [0.15, 0.2) is 0 Å². The number of benzene rings is 1. The third-order valence-electron chi connectivity index (χ3n) is 3.23. The maximum atomic E-state index is 12.8. The third kappa shape index (κ3) is 4.75. The van der Waals surface area contributed by atoms with Gasteiger partial charge in [-0.15, -0.1) is 23.4 Å². The van der Waals surface area contributed by atoms with Crippen molar-refractivity contribution in [3.8, 4) is 11.4 Å². The number of carbonyl (C=O) groups excluding carboxylic acids is 1. The summed E-state index contributed by atoms with van der Waals surface area (Å²) in [7, 11) is 0. The molecular formula is C16H16F3N5O. The number of aromatic nitrogens is 4. The van der Waals surface area contributed by atoms with Crippen molar-refractivity contribution in [3.05, 3.63) is 55.1 Å². The third-order valence-corrected chi connectivity index (χ3v) is 3.23. The first-order chi connectivity index (χ1) is 11.8. The first kappa shape index (κ1) is 18.4. The molecule has 6 nitrogen and oxygen atoms in total. The molecule has 0 aliphatic heterocycles. The van der Waals surface area contributed by atoms with Crippen molar-refractivity contribution in [1.82, 2.24) is 25.1 Å². The number of carbonyl (C=O) groups is 1. The summed E-state index contributed by atoms with van der Waals surface area (Å²) in [6.45, 7) is 7.63. The van der Waals surface area contributed by atoms with Crippen LogP contribution in [0.3, 0.4) is 0 Å². The van der Waals surface area contributed by atoms with Crippen LogP contribution in [0.15, 0.2) is 49.6 Å². The van der Waals surface area contributed by atoms with Crippen LogP contribution in [0.25, 0.3) is 11.4 Å². The van der Waals surface area contributed by atoms with Gasteiger partial charge in [-0.3, -0.25) is 4.79 Å². The van der Waals surface area contributed by atoms with Crippen LogP contribution in [0, 0.1) is 0 Å². The molecule has 9 heteroatoms. The fourth-order valence-corrected chi connectivity index (χ4v) is 2.07. The lowest BCUT2D eigenvalue weighted by Gasteiger charge is -2.18. The van der Waals surface area contributed by atoms with Crippen LogP contribution in [0.5, 0.6) is 0 Å². The van der Waals surface area contributed by atoms with Crippen LogP contribution in [-0.4, -0.2) is 44.1 Å². The van der Waals surface area contributed by atoms with E-state index in [1.165, 1.54) is 17.0 Å². The smallest absolute Gasteiger partial charge is 0.334 e. The zero-order chi connectivity index (χ0) is 18.4. The minimum atomic E-state index is -4.46. The van der Waals surface area contributed by atoms with E-state index < -0.39 is 11.7 Å². The predicted octanol–water partition coefficient (Wildman–Crippen LogP) is 2.56. The van der Waals surface area contributed by atoms with Gasteiger partial charge >= 0.3 is 6.18 Å². The summed E-state index contributed by atoms with van der Waals surface area (Å²) >= 11 is 0. The van der Waals surface area contributed by atoms with Crippen molar-refractivity contribution < 1.29 is 18.0 Å². The number of amides is 1. The fourth-order valence-electron chi connectivity index (χ4n) is 2.07.